The van der Waals surface area contributed by atoms with Gasteiger partial charge in [-0.3, -0.25) is 4.68 Å². The van der Waals surface area contributed by atoms with Gasteiger partial charge in [-0.1, -0.05) is 0 Å². The zero-order valence-electron chi connectivity index (χ0n) is 10.4. The molecule has 2 heterocycles. The molecular formula is C13H22N4. The van der Waals surface area contributed by atoms with Crippen LogP contribution in [0, 0.1) is 0 Å². The molecule has 4 nitrogen and oxygen atoms in total. The topological polar surface area (TPSA) is 55.9 Å². The van der Waals surface area contributed by atoms with Crippen LogP contribution in [0.4, 0.5) is 0 Å². The third-order valence-corrected chi connectivity index (χ3v) is 4.06. The molecular weight excluding hydrogens is 212 g/mol. The Morgan fingerprint density at radius 3 is 3.06 bits per heavy atom. The first-order valence-electron chi connectivity index (χ1n) is 6.89. The van der Waals surface area contributed by atoms with Crippen LogP contribution in [-0.2, 0) is 19.4 Å². The van der Waals surface area contributed by atoms with Crippen LogP contribution in [0.5, 0.6) is 0 Å². The van der Waals surface area contributed by atoms with Crippen molar-refractivity contribution in [3.05, 3.63) is 17.0 Å². The summed E-state index contributed by atoms with van der Waals surface area (Å²) in [6, 6.07) is 0. The van der Waals surface area contributed by atoms with Gasteiger partial charge in [0.05, 0.1) is 12.2 Å². The van der Waals surface area contributed by atoms with Gasteiger partial charge in [-0.2, -0.15) is 5.10 Å². The van der Waals surface area contributed by atoms with E-state index < -0.39 is 0 Å². The Labute approximate surface area is 103 Å². The Hall–Kier alpha value is -0.870. The van der Waals surface area contributed by atoms with Crippen LogP contribution in [0.25, 0.3) is 0 Å². The normalized spacial score (nSPS) is 23.9. The maximum Gasteiger partial charge on any atom is 0.0703 e. The number of nitrogens with two attached hydrogens (primary N) is 1. The molecule has 0 radical (unpaired) electrons. The van der Waals surface area contributed by atoms with E-state index in [4.69, 9.17) is 10.8 Å². The summed E-state index contributed by atoms with van der Waals surface area (Å²) in [5, 5.41) is 8.33. The Morgan fingerprint density at radius 2 is 2.29 bits per heavy atom. The zero-order chi connectivity index (χ0) is 11.7. The summed E-state index contributed by atoms with van der Waals surface area (Å²) in [5.74, 6) is 0.634. The van der Waals surface area contributed by atoms with Gasteiger partial charge in [0, 0.05) is 24.7 Å². The Balaban J connectivity index is 1.90. The number of nitrogens with zero attached hydrogens (tertiary/aromatic N) is 2. The average molecular weight is 234 g/mol. The molecule has 1 atom stereocenters. The van der Waals surface area contributed by atoms with Gasteiger partial charge in [0.25, 0.3) is 0 Å². The van der Waals surface area contributed by atoms with E-state index in [1.54, 1.807) is 5.56 Å². The summed E-state index contributed by atoms with van der Waals surface area (Å²) >= 11 is 0. The summed E-state index contributed by atoms with van der Waals surface area (Å²) in [6.45, 7) is 3.84. The molecule has 1 aromatic heterocycles. The lowest BCUT2D eigenvalue weighted by Gasteiger charge is -2.21. The smallest absolute Gasteiger partial charge is 0.0703 e. The minimum absolute atomic E-state index is 0.634. The van der Waals surface area contributed by atoms with Crippen LogP contribution in [-0.4, -0.2) is 29.4 Å². The predicted molar refractivity (Wildman–Crippen MR) is 68.2 cm³/mol. The fourth-order valence-corrected chi connectivity index (χ4v) is 3.26. The SMILES string of the molecule is NCCn1nc([C@@H]2CCCNC2)c2c1CCC2. The lowest BCUT2D eigenvalue weighted by molar-refractivity contribution is 0.446. The molecule has 0 unspecified atom stereocenters. The van der Waals surface area contributed by atoms with Crippen LogP contribution in [0.2, 0.25) is 0 Å². The standard InChI is InChI=1S/C13H22N4/c14-6-8-17-12-5-1-4-11(12)13(16-17)10-3-2-7-15-9-10/h10,15H,1-9,14H2/t10-/m1/s1. The molecule has 1 aliphatic carbocycles. The van der Waals surface area contributed by atoms with Crippen molar-refractivity contribution in [1.82, 2.24) is 15.1 Å². The molecule has 0 spiro atoms. The number of fused-ring (bicyclic) bond motifs is 1. The Kier molecular flexibility index (Phi) is 3.16. The van der Waals surface area contributed by atoms with Crippen LogP contribution in [0.3, 0.4) is 0 Å². The van der Waals surface area contributed by atoms with Crippen molar-refractivity contribution in [2.24, 2.45) is 5.73 Å². The highest BCUT2D eigenvalue weighted by Gasteiger charge is 2.27. The minimum Gasteiger partial charge on any atom is -0.329 e. The Morgan fingerprint density at radius 1 is 1.35 bits per heavy atom. The zero-order valence-corrected chi connectivity index (χ0v) is 10.4. The molecule has 0 bridgehead atoms. The van der Waals surface area contributed by atoms with Crippen molar-refractivity contribution in [2.75, 3.05) is 19.6 Å². The number of rotatable bonds is 3. The first kappa shape index (κ1) is 11.2. The summed E-state index contributed by atoms with van der Waals surface area (Å²) in [6.07, 6.45) is 6.29. The average Bonchev–Trinajstić information content (AvgIpc) is 2.94. The lowest BCUT2D eigenvalue weighted by Crippen LogP contribution is -2.29. The largest absolute Gasteiger partial charge is 0.329 e. The molecule has 0 saturated carbocycles. The second kappa shape index (κ2) is 4.78. The number of piperidine rings is 1. The fourth-order valence-electron chi connectivity index (χ4n) is 3.26. The maximum absolute atomic E-state index is 5.67. The van der Waals surface area contributed by atoms with Crippen LogP contribution < -0.4 is 11.1 Å². The van der Waals surface area contributed by atoms with Crippen molar-refractivity contribution in [2.45, 2.75) is 44.6 Å². The van der Waals surface area contributed by atoms with Gasteiger partial charge in [0.15, 0.2) is 0 Å². The van der Waals surface area contributed by atoms with Crippen LogP contribution >= 0.6 is 0 Å². The van der Waals surface area contributed by atoms with E-state index in [-0.39, 0.29) is 0 Å². The third-order valence-electron chi connectivity index (χ3n) is 4.06. The highest BCUT2D eigenvalue weighted by atomic mass is 15.3. The third kappa shape index (κ3) is 2.00. The molecule has 3 rings (SSSR count). The first-order valence-corrected chi connectivity index (χ1v) is 6.89. The number of hydrogen-bond donors (Lipinski definition) is 2. The van der Waals surface area contributed by atoms with E-state index >= 15 is 0 Å². The molecule has 0 amide bonds. The fraction of sp³-hybridized carbons (Fsp3) is 0.769. The molecule has 0 aromatic carbocycles. The molecule has 1 aliphatic heterocycles. The van der Waals surface area contributed by atoms with Gasteiger partial charge in [-0.25, -0.2) is 0 Å². The first-order chi connectivity index (χ1) is 8.40. The van der Waals surface area contributed by atoms with E-state index in [1.807, 2.05) is 0 Å². The van der Waals surface area contributed by atoms with Crippen LogP contribution in [0.1, 0.15) is 42.1 Å². The predicted octanol–water partition coefficient (Wildman–Crippen LogP) is 0.797. The van der Waals surface area contributed by atoms with Crippen molar-refractivity contribution in [3.63, 3.8) is 0 Å². The summed E-state index contributed by atoms with van der Waals surface area (Å²) in [5.41, 5.74) is 10.1. The number of hydrogen-bond acceptors (Lipinski definition) is 3. The van der Waals surface area contributed by atoms with Gasteiger partial charge >= 0.3 is 0 Å². The molecule has 1 fully saturated rings. The highest BCUT2D eigenvalue weighted by Crippen LogP contribution is 2.32. The van der Waals surface area contributed by atoms with Crippen molar-refractivity contribution in [1.29, 1.82) is 0 Å². The van der Waals surface area contributed by atoms with E-state index in [9.17, 15) is 0 Å². The van der Waals surface area contributed by atoms with E-state index in [2.05, 4.69) is 10.00 Å². The second-order valence-corrected chi connectivity index (χ2v) is 5.22. The van der Waals surface area contributed by atoms with Crippen molar-refractivity contribution in [3.8, 4) is 0 Å². The Bertz CT molecular complexity index is 390. The lowest BCUT2D eigenvalue weighted by atomic mass is 9.93. The van der Waals surface area contributed by atoms with Gasteiger partial charge in [-0.15, -0.1) is 0 Å². The van der Waals surface area contributed by atoms with E-state index in [0.29, 0.717) is 12.5 Å². The maximum atomic E-state index is 5.67. The van der Waals surface area contributed by atoms with Gasteiger partial charge in [-0.05, 0) is 44.2 Å². The summed E-state index contributed by atoms with van der Waals surface area (Å²) < 4.78 is 2.17. The quantitative estimate of drug-likeness (QED) is 0.813. The highest BCUT2D eigenvalue weighted by molar-refractivity contribution is 5.33. The summed E-state index contributed by atoms with van der Waals surface area (Å²) in [7, 11) is 0. The van der Waals surface area contributed by atoms with Gasteiger partial charge in [0.1, 0.15) is 0 Å². The van der Waals surface area contributed by atoms with E-state index in [1.165, 1.54) is 50.0 Å². The molecule has 4 heteroatoms. The summed E-state index contributed by atoms with van der Waals surface area (Å²) in [4.78, 5) is 0. The molecule has 2 aliphatic rings. The number of aromatic nitrogens is 2. The van der Waals surface area contributed by atoms with Crippen molar-refractivity contribution < 1.29 is 0 Å². The monoisotopic (exact) mass is 234 g/mol. The second-order valence-electron chi connectivity index (χ2n) is 5.22. The van der Waals surface area contributed by atoms with Gasteiger partial charge in [0.2, 0.25) is 0 Å². The molecule has 3 N–H and O–H groups in total. The van der Waals surface area contributed by atoms with Gasteiger partial charge < -0.3 is 11.1 Å². The number of nitrogens with one attached hydrogen (secondary N) is 1. The van der Waals surface area contributed by atoms with E-state index in [0.717, 1.165) is 13.1 Å². The van der Waals surface area contributed by atoms with Crippen molar-refractivity contribution >= 4 is 0 Å². The molecule has 94 valence electrons. The molecule has 1 aromatic rings. The van der Waals surface area contributed by atoms with Crippen LogP contribution in [0.15, 0.2) is 0 Å². The molecule has 17 heavy (non-hydrogen) atoms. The minimum atomic E-state index is 0.634. The molecule has 1 saturated heterocycles.